The van der Waals surface area contributed by atoms with Crippen molar-refractivity contribution in [2.45, 2.75) is 24.9 Å². The molecule has 1 heterocycles. The molecule has 0 bridgehead atoms. The zero-order valence-corrected chi connectivity index (χ0v) is 8.37. The molecule has 1 aliphatic carbocycles. The Morgan fingerprint density at radius 2 is 2.40 bits per heavy atom. The third-order valence-corrected chi connectivity index (χ3v) is 3.55. The summed E-state index contributed by atoms with van der Waals surface area (Å²) in [5.74, 6) is 0.858. The van der Waals surface area contributed by atoms with Gasteiger partial charge in [-0.2, -0.15) is 0 Å². The molecule has 1 N–H and O–H groups in total. The molecule has 15 heavy (non-hydrogen) atoms. The van der Waals surface area contributed by atoms with E-state index in [4.69, 9.17) is 9.84 Å². The van der Waals surface area contributed by atoms with E-state index < -0.39 is 0 Å². The van der Waals surface area contributed by atoms with E-state index >= 15 is 0 Å². The van der Waals surface area contributed by atoms with E-state index in [1.807, 2.05) is 0 Å². The van der Waals surface area contributed by atoms with Gasteiger partial charge in [0.1, 0.15) is 17.2 Å². The van der Waals surface area contributed by atoms with Crippen LogP contribution in [0.2, 0.25) is 0 Å². The van der Waals surface area contributed by atoms with Gasteiger partial charge in [-0.05, 0) is 43.0 Å². The third-order valence-electron chi connectivity index (χ3n) is 3.55. The first kappa shape index (κ1) is 9.16. The van der Waals surface area contributed by atoms with Crippen molar-refractivity contribution in [3.05, 3.63) is 29.6 Å². The lowest BCUT2D eigenvalue weighted by molar-refractivity contribution is 0.114. The maximum absolute atomic E-state index is 13.0. The first-order valence-corrected chi connectivity index (χ1v) is 5.32. The van der Waals surface area contributed by atoms with Crippen molar-refractivity contribution in [2.75, 3.05) is 6.61 Å². The molecule has 1 aliphatic heterocycles. The Morgan fingerprint density at radius 1 is 1.53 bits per heavy atom. The van der Waals surface area contributed by atoms with Crippen LogP contribution in [-0.2, 0) is 6.42 Å². The Kier molecular flexibility index (Phi) is 1.80. The summed E-state index contributed by atoms with van der Waals surface area (Å²) in [7, 11) is 0. The molecule has 1 saturated carbocycles. The summed E-state index contributed by atoms with van der Waals surface area (Å²) < 4.78 is 18.8. The quantitative estimate of drug-likeness (QED) is 0.763. The van der Waals surface area contributed by atoms with Crippen molar-refractivity contribution in [3.8, 4) is 5.75 Å². The zero-order chi connectivity index (χ0) is 10.5. The number of hydrogen-bond donors (Lipinski definition) is 1. The minimum atomic E-state index is -0.206. The Balaban J connectivity index is 1.88. The normalized spacial score (nSPS) is 32.3. The SMILES string of the molecule is OC[C@@H]1C[C@]12CCc1cc(F)ccc1O2. The van der Waals surface area contributed by atoms with Crippen LogP contribution in [0.5, 0.6) is 5.75 Å². The molecule has 3 heteroatoms. The predicted octanol–water partition coefficient (Wildman–Crippen LogP) is 1.90. The van der Waals surface area contributed by atoms with Gasteiger partial charge in [-0.3, -0.25) is 0 Å². The molecule has 0 radical (unpaired) electrons. The van der Waals surface area contributed by atoms with Gasteiger partial charge in [-0.15, -0.1) is 0 Å². The molecule has 2 nitrogen and oxygen atoms in total. The number of aryl methyl sites for hydroxylation is 1. The molecular weight excluding hydrogens is 195 g/mol. The van der Waals surface area contributed by atoms with E-state index in [-0.39, 0.29) is 23.9 Å². The largest absolute Gasteiger partial charge is 0.487 e. The number of aliphatic hydroxyl groups excluding tert-OH is 1. The van der Waals surface area contributed by atoms with Crippen molar-refractivity contribution in [3.63, 3.8) is 0 Å². The molecule has 3 rings (SSSR count). The maximum atomic E-state index is 13.0. The second kappa shape index (κ2) is 2.95. The van der Waals surface area contributed by atoms with E-state index in [1.165, 1.54) is 6.07 Å². The van der Waals surface area contributed by atoms with Crippen molar-refractivity contribution < 1.29 is 14.2 Å². The Morgan fingerprint density at radius 3 is 3.13 bits per heavy atom. The average molecular weight is 208 g/mol. The summed E-state index contributed by atoms with van der Waals surface area (Å²) in [6, 6.07) is 4.66. The number of rotatable bonds is 1. The van der Waals surface area contributed by atoms with Crippen LogP contribution >= 0.6 is 0 Å². The van der Waals surface area contributed by atoms with Crippen molar-refractivity contribution >= 4 is 0 Å². The second-order valence-corrected chi connectivity index (χ2v) is 4.50. The first-order chi connectivity index (χ1) is 7.23. The third kappa shape index (κ3) is 1.34. The molecule has 1 aromatic rings. The fourth-order valence-corrected chi connectivity index (χ4v) is 2.48. The molecule has 1 aromatic carbocycles. The Hall–Kier alpha value is -1.09. The fourth-order valence-electron chi connectivity index (χ4n) is 2.48. The molecule has 0 amide bonds. The van der Waals surface area contributed by atoms with Crippen molar-refractivity contribution in [1.82, 2.24) is 0 Å². The standard InChI is InChI=1S/C12H13FO2/c13-10-1-2-11-8(5-10)3-4-12(15-11)6-9(12)7-14/h1-2,5,9,14H,3-4,6-7H2/t9-,12+/m0/s1. The lowest BCUT2D eigenvalue weighted by atomic mass is 9.99. The van der Waals surface area contributed by atoms with E-state index in [9.17, 15) is 4.39 Å². The monoisotopic (exact) mass is 208 g/mol. The molecule has 80 valence electrons. The fraction of sp³-hybridized carbons (Fsp3) is 0.500. The van der Waals surface area contributed by atoms with E-state index in [2.05, 4.69) is 0 Å². The molecule has 0 saturated heterocycles. The highest BCUT2D eigenvalue weighted by molar-refractivity contribution is 5.38. The molecule has 1 fully saturated rings. The van der Waals surface area contributed by atoms with Crippen LogP contribution in [0, 0.1) is 11.7 Å². The highest BCUT2D eigenvalue weighted by Crippen LogP contribution is 2.53. The number of halogens is 1. The topological polar surface area (TPSA) is 29.5 Å². The lowest BCUT2D eigenvalue weighted by Crippen LogP contribution is -2.27. The van der Waals surface area contributed by atoms with Gasteiger partial charge in [0.2, 0.25) is 0 Å². The molecule has 2 aliphatic rings. The van der Waals surface area contributed by atoms with Crippen LogP contribution in [0.3, 0.4) is 0 Å². The number of hydrogen-bond acceptors (Lipinski definition) is 2. The van der Waals surface area contributed by atoms with Crippen LogP contribution in [0.4, 0.5) is 4.39 Å². The first-order valence-electron chi connectivity index (χ1n) is 5.32. The highest BCUT2D eigenvalue weighted by atomic mass is 19.1. The van der Waals surface area contributed by atoms with E-state index in [1.54, 1.807) is 12.1 Å². The summed E-state index contributed by atoms with van der Waals surface area (Å²) >= 11 is 0. The summed E-state index contributed by atoms with van der Waals surface area (Å²) in [5, 5.41) is 9.08. The van der Waals surface area contributed by atoms with Crippen molar-refractivity contribution in [2.24, 2.45) is 5.92 Å². The summed E-state index contributed by atoms with van der Waals surface area (Å²) in [5.41, 5.74) is 0.809. The minimum Gasteiger partial charge on any atom is -0.487 e. The van der Waals surface area contributed by atoms with Gasteiger partial charge in [-0.25, -0.2) is 4.39 Å². The number of ether oxygens (including phenoxy) is 1. The zero-order valence-electron chi connectivity index (χ0n) is 8.37. The highest BCUT2D eigenvalue weighted by Gasteiger charge is 2.57. The Bertz CT molecular complexity index is 405. The van der Waals surface area contributed by atoms with Crippen LogP contribution in [0.15, 0.2) is 18.2 Å². The van der Waals surface area contributed by atoms with Crippen LogP contribution in [0.1, 0.15) is 18.4 Å². The molecule has 0 aromatic heterocycles. The van der Waals surface area contributed by atoms with Gasteiger partial charge in [0.25, 0.3) is 0 Å². The molecular formula is C12H13FO2. The molecule has 2 atom stereocenters. The minimum absolute atomic E-state index is 0.139. The van der Waals surface area contributed by atoms with Gasteiger partial charge in [0.15, 0.2) is 0 Å². The van der Waals surface area contributed by atoms with Gasteiger partial charge >= 0.3 is 0 Å². The van der Waals surface area contributed by atoms with Gasteiger partial charge in [-0.1, -0.05) is 0 Å². The van der Waals surface area contributed by atoms with Crippen LogP contribution in [-0.4, -0.2) is 17.3 Å². The number of benzene rings is 1. The lowest BCUT2D eigenvalue weighted by Gasteiger charge is -2.27. The molecule has 1 spiro atoms. The molecule has 0 unspecified atom stereocenters. The smallest absolute Gasteiger partial charge is 0.123 e. The summed E-state index contributed by atoms with van der Waals surface area (Å²) in [6.45, 7) is 0.191. The van der Waals surface area contributed by atoms with Crippen LogP contribution in [0.25, 0.3) is 0 Å². The van der Waals surface area contributed by atoms with Gasteiger partial charge in [0, 0.05) is 12.5 Å². The van der Waals surface area contributed by atoms with Crippen LogP contribution < -0.4 is 4.74 Å². The van der Waals surface area contributed by atoms with E-state index in [0.29, 0.717) is 0 Å². The summed E-state index contributed by atoms with van der Waals surface area (Å²) in [6.07, 6.45) is 2.68. The second-order valence-electron chi connectivity index (χ2n) is 4.50. The summed E-state index contributed by atoms with van der Waals surface area (Å²) in [4.78, 5) is 0. The number of aliphatic hydroxyl groups is 1. The maximum Gasteiger partial charge on any atom is 0.123 e. The van der Waals surface area contributed by atoms with Crippen molar-refractivity contribution in [1.29, 1.82) is 0 Å². The Labute approximate surface area is 87.7 Å². The average Bonchev–Trinajstić information content (AvgIpc) is 2.92. The van der Waals surface area contributed by atoms with E-state index in [0.717, 1.165) is 30.6 Å². The predicted molar refractivity (Wildman–Crippen MR) is 53.3 cm³/mol. The van der Waals surface area contributed by atoms with Gasteiger partial charge < -0.3 is 9.84 Å². The van der Waals surface area contributed by atoms with Gasteiger partial charge in [0.05, 0.1) is 0 Å². The number of fused-ring (bicyclic) bond motifs is 1.